The second-order valence-corrected chi connectivity index (χ2v) is 5.19. The van der Waals surface area contributed by atoms with Crippen molar-refractivity contribution in [3.63, 3.8) is 0 Å². The van der Waals surface area contributed by atoms with Crippen molar-refractivity contribution < 1.29 is 9.18 Å². The number of hydrogen-bond donors (Lipinski definition) is 2. The molecule has 0 aliphatic heterocycles. The minimum Gasteiger partial charge on any atom is -0.379 e. The monoisotopic (exact) mass is 321 g/mol. The van der Waals surface area contributed by atoms with Crippen LogP contribution >= 0.6 is 0 Å². The predicted molar refractivity (Wildman–Crippen MR) is 92.4 cm³/mol. The van der Waals surface area contributed by atoms with Gasteiger partial charge in [-0.1, -0.05) is 18.2 Å². The summed E-state index contributed by atoms with van der Waals surface area (Å²) in [6.07, 6.45) is 1.75. The Labute approximate surface area is 139 Å². The summed E-state index contributed by atoms with van der Waals surface area (Å²) in [6.45, 7) is 0.613. The number of benzene rings is 2. The number of amides is 1. The van der Waals surface area contributed by atoms with Gasteiger partial charge in [0.25, 0.3) is 5.91 Å². The van der Waals surface area contributed by atoms with Gasteiger partial charge in [0.15, 0.2) is 0 Å². The minimum atomic E-state index is -0.538. The fraction of sp³-hybridized carbons (Fsp3) is 0.0526. The molecule has 0 radical (unpaired) electrons. The minimum absolute atomic E-state index is 0.0230. The molecule has 2 aromatic carbocycles. The molecule has 0 unspecified atom stereocenters. The lowest BCUT2D eigenvalue weighted by atomic mass is 10.2. The SMILES string of the molecule is O=C(Nc1ccc(NCc2ccccn2)cc1)c1ccccc1F. The van der Waals surface area contributed by atoms with Crippen molar-refractivity contribution in [1.29, 1.82) is 0 Å². The third-order valence-corrected chi connectivity index (χ3v) is 3.46. The maximum absolute atomic E-state index is 13.6. The lowest BCUT2D eigenvalue weighted by Gasteiger charge is -2.09. The van der Waals surface area contributed by atoms with Crippen LogP contribution in [-0.4, -0.2) is 10.9 Å². The average molecular weight is 321 g/mol. The Morgan fingerprint density at radius 3 is 2.33 bits per heavy atom. The topological polar surface area (TPSA) is 54.0 Å². The van der Waals surface area contributed by atoms with E-state index in [2.05, 4.69) is 15.6 Å². The summed E-state index contributed by atoms with van der Waals surface area (Å²) < 4.78 is 13.6. The Hall–Kier alpha value is -3.21. The van der Waals surface area contributed by atoms with Crippen LogP contribution < -0.4 is 10.6 Å². The molecule has 0 fully saturated rings. The second kappa shape index (κ2) is 7.37. The van der Waals surface area contributed by atoms with Crippen LogP contribution in [0, 0.1) is 5.82 Å². The number of hydrogen-bond acceptors (Lipinski definition) is 3. The molecule has 1 aromatic heterocycles. The van der Waals surface area contributed by atoms with Crippen LogP contribution in [0.4, 0.5) is 15.8 Å². The zero-order valence-electron chi connectivity index (χ0n) is 12.9. The third kappa shape index (κ3) is 3.95. The van der Waals surface area contributed by atoms with E-state index in [1.165, 1.54) is 12.1 Å². The van der Waals surface area contributed by atoms with Crippen molar-refractivity contribution in [2.24, 2.45) is 0 Å². The number of pyridine rings is 1. The van der Waals surface area contributed by atoms with Crippen LogP contribution in [0.5, 0.6) is 0 Å². The van der Waals surface area contributed by atoms with E-state index in [-0.39, 0.29) is 5.56 Å². The molecule has 0 aliphatic carbocycles. The Balaban J connectivity index is 1.60. The number of aromatic nitrogens is 1. The molecule has 0 spiro atoms. The van der Waals surface area contributed by atoms with E-state index in [0.717, 1.165) is 11.4 Å². The van der Waals surface area contributed by atoms with Crippen LogP contribution in [0.2, 0.25) is 0 Å². The van der Waals surface area contributed by atoms with E-state index < -0.39 is 11.7 Å². The number of rotatable bonds is 5. The molecule has 24 heavy (non-hydrogen) atoms. The molecule has 1 heterocycles. The van der Waals surface area contributed by atoms with Gasteiger partial charge in [0.2, 0.25) is 0 Å². The Kier molecular flexibility index (Phi) is 4.81. The standard InChI is InChI=1S/C19H16FN3O/c20-18-7-2-1-6-17(18)19(24)23-15-10-8-14(9-11-15)22-13-16-5-3-4-12-21-16/h1-12,22H,13H2,(H,23,24). The Morgan fingerprint density at radius 2 is 1.62 bits per heavy atom. The number of halogens is 1. The third-order valence-electron chi connectivity index (χ3n) is 3.46. The van der Waals surface area contributed by atoms with Gasteiger partial charge in [-0.2, -0.15) is 0 Å². The lowest BCUT2D eigenvalue weighted by molar-refractivity contribution is 0.102. The highest BCUT2D eigenvalue weighted by Crippen LogP contribution is 2.16. The molecule has 0 saturated heterocycles. The predicted octanol–water partition coefficient (Wildman–Crippen LogP) is 4.09. The van der Waals surface area contributed by atoms with Crippen molar-refractivity contribution >= 4 is 17.3 Å². The number of carbonyl (C=O) groups is 1. The molecule has 3 aromatic rings. The molecule has 0 bridgehead atoms. The quantitative estimate of drug-likeness (QED) is 0.744. The summed E-state index contributed by atoms with van der Waals surface area (Å²) in [5, 5.41) is 5.93. The number of carbonyl (C=O) groups excluding carboxylic acids is 1. The summed E-state index contributed by atoms with van der Waals surface area (Å²) in [5.41, 5.74) is 2.47. The van der Waals surface area contributed by atoms with Gasteiger partial charge in [-0.15, -0.1) is 0 Å². The molecule has 5 heteroatoms. The molecular weight excluding hydrogens is 305 g/mol. The van der Waals surface area contributed by atoms with Gasteiger partial charge in [0, 0.05) is 17.6 Å². The van der Waals surface area contributed by atoms with Gasteiger partial charge in [-0.05, 0) is 48.5 Å². The normalized spacial score (nSPS) is 10.2. The van der Waals surface area contributed by atoms with E-state index in [9.17, 15) is 9.18 Å². The van der Waals surface area contributed by atoms with Crippen LogP contribution in [0.15, 0.2) is 72.9 Å². The summed E-state index contributed by atoms with van der Waals surface area (Å²) in [5.74, 6) is -1.01. The van der Waals surface area contributed by atoms with Crippen LogP contribution in [-0.2, 0) is 6.54 Å². The molecule has 0 saturated carbocycles. The van der Waals surface area contributed by atoms with Gasteiger partial charge in [-0.3, -0.25) is 9.78 Å². The van der Waals surface area contributed by atoms with Crippen LogP contribution in [0.1, 0.15) is 16.1 Å². The molecule has 4 nitrogen and oxygen atoms in total. The first-order valence-corrected chi connectivity index (χ1v) is 7.52. The van der Waals surface area contributed by atoms with Gasteiger partial charge in [-0.25, -0.2) is 4.39 Å². The summed E-state index contributed by atoms with van der Waals surface area (Å²) >= 11 is 0. The fourth-order valence-electron chi connectivity index (χ4n) is 2.21. The second-order valence-electron chi connectivity index (χ2n) is 5.19. The molecule has 1 amide bonds. The van der Waals surface area contributed by atoms with Crippen molar-refractivity contribution in [3.8, 4) is 0 Å². The first-order chi connectivity index (χ1) is 11.7. The molecule has 3 rings (SSSR count). The first kappa shape index (κ1) is 15.7. The van der Waals surface area contributed by atoms with Crippen LogP contribution in [0.3, 0.4) is 0 Å². The molecular formula is C19H16FN3O. The van der Waals surface area contributed by atoms with Crippen molar-refractivity contribution in [3.05, 3.63) is 90.0 Å². The average Bonchev–Trinajstić information content (AvgIpc) is 2.62. The fourth-order valence-corrected chi connectivity index (χ4v) is 2.21. The van der Waals surface area contributed by atoms with Crippen molar-refractivity contribution in [2.45, 2.75) is 6.54 Å². The Morgan fingerprint density at radius 1 is 0.917 bits per heavy atom. The number of anilines is 2. The highest BCUT2D eigenvalue weighted by Gasteiger charge is 2.10. The zero-order valence-corrected chi connectivity index (χ0v) is 12.9. The van der Waals surface area contributed by atoms with Gasteiger partial charge in [0.05, 0.1) is 17.8 Å². The highest BCUT2D eigenvalue weighted by atomic mass is 19.1. The first-order valence-electron chi connectivity index (χ1n) is 7.52. The number of nitrogens with one attached hydrogen (secondary N) is 2. The number of nitrogens with zero attached hydrogens (tertiary/aromatic N) is 1. The van der Waals surface area contributed by atoms with E-state index in [4.69, 9.17) is 0 Å². The maximum atomic E-state index is 13.6. The maximum Gasteiger partial charge on any atom is 0.258 e. The zero-order chi connectivity index (χ0) is 16.8. The molecule has 0 atom stereocenters. The van der Waals surface area contributed by atoms with Gasteiger partial charge < -0.3 is 10.6 Å². The van der Waals surface area contributed by atoms with E-state index in [0.29, 0.717) is 12.2 Å². The summed E-state index contributed by atoms with van der Waals surface area (Å²) in [6, 6.07) is 18.9. The molecule has 0 aliphatic rings. The van der Waals surface area contributed by atoms with Gasteiger partial charge in [0.1, 0.15) is 5.82 Å². The summed E-state index contributed by atoms with van der Waals surface area (Å²) in [4.78, 5) is 16.3. The molecule has 2 N–H and O–H groups in total. The van der Waals surface area contributed by atoms with Crippen molar-refractivity contribution in [2.75, 3.05) is 10.6 Å². The van der Waals surface area contributed by atoms with E-state index in [1.807, 2.05) is 30.3 Å². The largest absolute Gasteiger partial charge is 0.379 e. The van der Waals surface area contributed by atoms with Crippen molar-refractivity contribution in [1.82, 2.24) is 4.98 Å². The van der Waals surface area contributed by atoms with E-state index >= 15 is 0 Å². The molecule has 120 valence electrons. The Bertz CT molecular complexity index is 820. The highest BCUT2D eigenvalue weighted by molar-refractivity contribution is 6.04. The van der Waals surface area contributed by atoms with Crippen LogP contribution in [0.25, 0.3) is 0 Å². The van der Waals surface area contributed by atoms with E-state index in [1.54, 1.807) is 30.5 Å². The van der Waals surface area contributed by atoms with Gasteiger partial charge >= 0.3 is 0 Å². The summed E-state index contributed by atoms with van der Waals surface area (Å²) in [7, 11) is 0. The lowest BCUT2D eigenvalue weighted by Crippen LogP contribution is -2.13. The smallest absolute Gasteiger partial charge is 0.258 e.